The maximum absolute atomic E-state index is 11.6. The highest BCUT2D eigenvalue weighted by atomic mass is 32.2. The molecule has 1 saturated carbocycles. The Kier molecular flexibility index (Phi) is 4.08. The van der Waals surface area contributed by atoms with Crippen molar-refractivity contribution in [3.05, 3.63) is 0 Å². The summed E-state index contributed by atoms with van der Waals surface area (Å²) in [5.41, 5.74) is 4.94. The standard InChI is InChI=1S/C9H18N2O2S2/c1-9(5-3-2-4-6-9)11-15(12,13)7-8(10)14/h11H,2-7H2,1H3,(H2,10,14). The summed E-state index contributed by atoms with van der Waals surface area (Å²) in [6.07, 6.45) is 5.12. The molecule has 0 aromatic carbocycles. The molecule has 0 amide bonds. The van der Waals surface area contributed by atoms with E-state index in [2.05, 4.69) is 16.9 Å². The van der Waals surface area contributed by atoms with Crippen molar-refractivity contribution < 1.29 is 8.42 Å². The Morgan fingerprint density at radius 1 is 1.40 bits per heavy atom. The first-order valence-corrected chi connectivity index (χ1v) is 7.19. The van der Waals surface area contributed by atoms with Gasteiger partial charge in [0.25, 0.3) is 0 Å². The van der Waals surface area contributed by atoms with E-state index in [0.717, 1.165) is 25.7 Å². The Labute approximate surface area is 96.7 Å². The van der Waals surface area contributed by atoms with Crippen LogP contribution in [0.25, 0.3) is 0 Å². The molecule has 0 heterocycles. The second-order valence-electron chi connectivity index (χ2n) is 4.45. The Morgan fingerprint density at radius 3 is 2.40 bits per heavy atom. The summed E-state index contributed by atoms with van der Waals surface area (Å²) in [4.78, 5) is 0.0157. The lowest BCUT2D eigenvalue weighted by Gasteiger charge is -2.34. The van der Waals surface area contributed by atoms with Gasteiger partial charge in [-0.1, -0.05) is 31.5 Å². The van der Waals surface area contributed by atoms with E-state index in [-0.39, 0.29) is 16.3 Å². The van der Waals surface area contributed by atoms with Crippen LogP contribution in [-0.2, 0) is 10.0 Å². The van der Waals surface area contributed by atoms with Crippen molar-refractivity contribution in [3.8, 4) is 0 Å². The molecule has 0 aromatic heterocycles. The zero-order chi connectivity index (χ0) is 11.5. The fourth-order valence-corrected chi connectivity index (χ4v) is 3.90. The lowest BCUT2D eigenvalue weighted by molar-refractivity contribution is 0.294. The number of nitrogens with two attached hydrogens (primary N) is 1. The minimum atomic E-state index is -3.36. The molecule has 0 bridgehead atoms. The normalized spacial score (nSPS) is 21.1. The SMILES string of the molecule is CC1(NS(=O)(=O)CC(N)=S)CCCCC1. The molecule has 1 rings (SSSR count). The predicted molar refractivity (Wildman–Crippen MR) is 65.2 cm³/mol. The quantitative estimate of drug-likeness (QED) is 0.728. The van der Waals surface area contributed by atoms with Gasteiger partial charge in [0.05, 0.1) is 4.99 Å². The highest BCUT2D eigenvalue weighted by Gasteiger charge is 2.31. The van der Waals surface area contributed by atoms with E-state index in [9.17, 15) is 8.42 Å². The van der Waals surface area contributed by atoms with Crippen LogP contribution >= 0.6 is 12.2 Å². The Bertz CT molecular complexity index is 332. The van der Waals surface area contributed by atoms with Gasteiger partial charge in [0.1, 0.15) is 5.75 Å². The molecule has 0 saturated heterocycles. The van der Waals surface area contributed by atoms with E-state index in [1.54, 1.807) is 0 Å². The Morgan fingerprint density at radius 2 is 1.93 bits per heavy atom. The van der Waals surface area contributed by atoms with Crippen LogP contribution < -0.4 is 10.5 Å². The highest BCUT2D eigenvalue weighted by Crippen LogP contribution is 2.28. The zero-order valence-corrected chi connectivity index (χ0v) is 10.6. The number of nitrogens with one attached hydrogen (secondary N) is 1. The fourth-order valence-electron chi connectivity index (χ4n) is 2.03. The molecule has 0 radical (unpaired) electrons. The topological polar surface area (TPSA) is 72.2 Å². The number of hydrogen-bond donors (Lipinski definition) is 2. The van der Waals surface area contributed by atoms with Gasteiger partial charge in [-0.2, -0.15) is 0 Å². The second-order valence-corrected chi connectivity index (χ2v) is 6.70. The third-order valence-electron chi connectivity index (χ3n) is 2.69. The minimum Gasteiger partial charge on any atom is -0.392 e. The predicted octanol–water partition coefficient (Wildman–Crippen LogP) is 0.915. The summed E-state index contributed by atoms with van der Waals surface area (Å²) >= 11 is 4.61. The van der Waals surface area contributed by atoms with Crippen molar-refractivity contribution in [1.82, 2.24) is 4.72 Å². The lowest BCUT2D eigenvalue weighted by Crippen LogP contribution is -2.49. The first-order chi connectivity index (χ1) is 6.83. The van der Waals surface area contributed by atoms with E-state index in [4.69, 9.17) is 5.73 Å². The van der Waals surface area contributed by atoms with Crippen LogP contribution in [0.15, 0.2) is 0 Å². The molecule has 0 unspecified atom stereocenters. The van der Waals surface area contributed by atoms with E-state index < -0.39 is 10.0 Å². The maximum Gasteiger partial charge on any atom is 0.218 e. The lowest BCUT2D eigenvalue weighted by atomic mass is 9.84. The summed E-state index contributed by atoms with van der Waals surface area (Å²) < 4.78 is 26.0. The van der Waals surface area contributed by atoms with Crippen molar-refractivity contribution in [3.63, 3.8) is 0 Å². The summed E-state index contributed by atoms with van der Waals surface area (Å²) in [5.74, 6) is -0.252. The molecule has 1 fully saturated rings. The van der Waals surface area contributed by atoms with Crippen molar-refractivity contribution >= 4 is 27.2 Å². The summed E-state index contributed by atoms with van der Waals surface area (Å²) in [6, 6.07) is 0. The second kappa shape index (κ2) is 4.76. The van der Waals surface area contributed by atoms with Gasteiger partial charge in [-0.05, 0) is 19.8 Å². The Balaban J connectivity index is 2.62. The van der Waals surface area contributed by atoms with Crippen LogP contribution in [0.4, 0.5) is 0 Å². The molecular formula is C9H18N2O2S2. The highest BCUT2D eigenvalue weighted by molar-refractivity contribution is 7.92. The first kappa shape index (κ1) is 12.9. The van der Waals surface area contributed by atoms with Gasteiger partial charge in [0.15, 0.2) is 0 Å². The first-order valence-electron chi connectivity index (χ1n) is 5.13. The summed E-state index contributed by atoms with van der Waals surface area (Å²) in [6.45, 7) is 1.95. The molecule has 6 heteroatoms. The van der Waals surface area contributed by atoms with E-state index in [1.807, 2.05) is 6.92 Å². The molecule has 1 aliphatic rings. The van der Waals surface area contributed by atoms with E-state index in [0.29, 0.717) is 0 Å². The van der Waals surface area contributed by atoms with Crippen LogP contribution in [0.1, 0.15) is 39.0 Å². The summed E-state index contributed by atoms with van der Waals surface area (Å²) in [5, 5.41) is 0. The van der Waals surface area contributed by atoms with E-state index in [1.165, 1.54) is 6.42 Å². The smallest absolute Gasteiger partial charge is 0.218 e. The third-order valence-corrected chi connectivity index (χ3v) is 4.51. The Hall–Kier alpha value is -0.200. The average molecular weight is 250 g/mol. The van der Waals surface area contributed by atoms with Crippen molar-refractivity contribution in [2.45, 2.75) is 44.6 Å². The van der Waals surface area contributed by atoms with Crippen LogP contribution in [0.3, 0.4) is 0 Å². The molecule has 88 valence electrons. The van der Waals surface area contributed by atoms with Crippen LogP contribution in [0.2, 0.25) is 0 Å². The maximum atomic E-state index is 11.6. The van der Waals surface area contributed by atoms with Gasteiger partial charge >= 0.3 is 0 Å². The molecule has 15 heavy (non-hydrogen) atoms. The third kappa shape index (κ3) is 4.44. The van der Waals surface area contributed by atoms with Crippen molar-refractivity contribution in [1.29, 1.82) is 0 Å². The molecule has 0 aromatic rings. The van der Waals surface area contributed by atoms with Gasteiger partial charge in [-0.25, -0.2) is 13.1 Å². The van der Waals surface area contributed by atoms with Gasteiger partial charge in [0, 0.05) is 5.54 Å². The molecule has 0 atom stereocenters. The molecule has 1 aliphatic carbocycles. The van der Waals surface area contributed by atoms with Gasteiger partial charge in [-0.15, -0.1) is 0 Å². The van der Waals surface area contributed by atoms with Gasteiger partial charge < -0.3 is 5.73 Å². The number of thiocarbonyl (C=S) groups is 1. The molecule has 3 N–H and O–H groups in total. The van der Waals surface area contributed by atoms with Crippen molar-refractivity contribution in [2.24, 2.45) is 5.73 Å². The zero-order valence-electron chi connectivity index (χ0n) is 8.95. The number of hydrogen-bond acceptors (Lipinski definition) is 3. The van der Waals surface area contributed by atoms with E-state index >= 15 is 0 Å². The minimum absolute atomic E-state index is 0.0157. The number of rotatable bonds is 4. The van der Waals surface area contributed by atoms with Crippen LogP contribution in [0, 0.1) is 0 Å². The average Bonchev–Trinajstić information content (AvgIpc) is 1.99. The van der Waals surface area contributed by atoms with Gasteiger partial charge in [-0.3, -0.25) is 0 Å². The molecular weight excluding hydrogens is 232 g/mol. The number of sulfonamides is 1. The monoisotopic (exact) mass is 250 g/mol. The largest absolute Gasteiger partial charge is 0.392 e. The van der Waals surface area contributed by atoms with Crippen LogP contribution in [0.5, 0.6) is 0 Å². The molecule has 0 aliphatic heterocycles. The van der Waals surface area contributed by atoms with Gasteiger partial charge in [0.2, 0.25) is 10.0 Å². The fraction of sp³-hybridized carbons (Fsp3) is 0.889. The summed E-state index contributed by atoms with van der Waals surface area (Å²) in [7, 11) is -3.36. The molecule has 4 nitrogen and oxygen atoms in total. The van der Waals surface area contributed by atoms with Crippen molar-refractivity contribution in [2.75, 3.05) is 5.75 Å². The van der Waals surface area contributed by atoms with Crippen LogP contribution in [-0.4, -0.2) is 24.7 Å². The molecule has 0 spiro atoms.